The summed E-state index contributed by atoms with van der Waals surface area (Å²) in [6.07, 6.45) is 1.90. The summed E-state index contributed by atoms with van der Waals surface area (Å²) in [4.78, 5) is 12.8. The summed E-state index contributed by atoms with van der Waals surface area (Å²) in [6.45, 7) is 4.12. The van der Waals surface area contributed by atoms with Crippen LogP contribution in [-0.2, 0) is 11.5 Å². The fourth-order valence-electron chi connectivity index (χ4n) is 2.82. The number of amides is 1. The first kappa shape index (κ1) is 16.1. The number of halogens is 1. The molecule has 1 aromatic heterocycles. The molecule has 23 heavy (non-hydrogen) atoms. The molecule has 0 aliphatic rings. The van der Waals surface area contributed by atoms with Gasteiger partial charge < -0.3 is 9.88 Å². The van der Waals surface area contributed by atoms with Gasteiger partial charge in [-0.15, -0.1) is 0 Å². The second kappa shape index (κ2) is 6.35. The van der Waals surface area contributed by atoms with Gasteiger partial charge in [0.2, 0.25) is 0 Å². The van der Waals surface area contributed by atoms with Crippen molar-refractivity contribution in [3.8, 4) is 0 Å². The third-order valence-electron chi connectivity index (χ3n) is 4.04. The van der Waals surface area contributed by atoms with Crippen molar-refractivity contribution in [3.05, 3.63) is 64.8 Å². The number of carbonyl (C=O) groups is 1. The summed E-state index contributed by atoms with van der Waals surface area (Å²) < 4.78 is 2.87. The van der Waals surface area contributed by atoms with Crippen molar-refractivity contribution < 1.29 is 4.79 Å². The van der Waals surface area contributed by atoms with Gasteiger partial charge in [-0.05, 0) is 37.1 Å². The molecule has 0 unspecified atom stereocenters. The average Bonchev–Trinajstić information content (AvgIpc) is 2.85. The van der Waals surface area contributed by atoms with E-state index in [2.05, 4.69) is 53.9 Å². The largest absolute Gasteiger partial charge is 0.350 e. The molecule has 0 aliphatic carbocycles. The van der Waals surface area contributed by atoms with Crippen molar-refractivity contribution in [3.63, 3.8) is 0 Å². The molecule has 3 nitrogen and oxygen atoms in total. The lowest BCUT2D eigenvalue weighted by molar-refractivity contribution is 0.102. The van der Waals surface area contributed by atoms with Crippen LogP contribution in [0.5, 0.6) is 0 Å². The summed E-state index contributed by atoms with van der Waals surface area (Å²) in [7, 11) is 1.97. The van der Waals surface area contributed by atoms with Gasteiger partial charge in [-0.2, -0.15) is 0 Å². The number of alkyl halides is 1. The molecule has 1 amide bonds. The summed E-state index contributed by atoms with van der Waals surface area (Å²) in [6, 6.07) is 12.3. The molecule has 1 N–H and O–H groups in total. The highest BCUT2D eigenvalue weighted by Crippen LogP contribution is 2.25. The van der Waals surface area contributed by atoms with E-state index in [9.17, 15) is 4.79 Å². The zero-order valence-corrected chi connectivity index (χ0v) is 15.6. The molecule has 2 aromatic carbocycles. The maximum absolute atomic E-state index is 12.8. The van der Waals surface area contributed by atoms with Crippen molar-refractivity contribution >= 4 is 45.1 Å². The number of anilines is 1. The Morgan fingerprint density at radius 3 is 2.57 bits per heavy atom. The molecule has 4 heteroatoms. The average molecular weight is 418 g/mol. The first-order chi connectivity index (χ1) is 11.0. The zero-order valence-electron chi connectivity index (χ0n) is 13.5. The molecule has 0 fully saturated rings. The molecule has 0 atom stereocenters. The van der Waals surface area contributed by atoms with Crippen LogP contribution in [0.3, 0.4) is 0 Å². The van der Waals surface area contributed by atoms with Crippen molar-refractivity contribution in [2.45, 2.75) is 18.3 Å². The van der Waals surface area contributed by atoms with Crippen LogP contribution in [0.15, 0.2) is 42.6 Å². The van der Waals surface area contributed by atoms with Gasteiger partial charge in [-0.3, -0.25) is 4.79 Å². The highest BCUT2D eigenvalue weighted by atomic mass is 127. The normalized spacial score (nSPS) is 11.0. The van der Waals surface area contributed by atoms with E-state index in [1.165, 1.54) is 11.1 Å². The Balaban J connectivity index is 1.99. The number of aromatic nitrogens is 1. The number of nitrogens with zero attached hydrogens (tertiary/aromatic N) is 1. The molecule has 1 heterocycles. The van der Waals surface area contributed by atoms with Gasteiger partial charge in [0.15, 0.2) is 0 Å². The molecule has 0 bridgehead atoms. The maximum atomic E-state index is 12.8. The lowest BCUT2D eigenvalue weighted by Crippen LogP contribution is -2.12. The van der Waals surface area contributed by atoms with Crippen LogP contribution in [0.2, 0.25) is 0 Å². The van der Waals surface area contributed by atoms with Gasteiger partial charge in [-0.1, -0.05) is 52.4 Å². The molecule has 3 rings (SSSR count). The Labute approximate surface area is 149 Å². The SMILES string of the molecule is Cc1ccc(NC(=O)c2cn(C)c3cc(C)ccc23)c(CI)c1. The third kappa shape index (κ3) is 3.13. The Bertz CT molecular complexity index is 896. The van der Waals surface area contributed by atoms with Gasteiger partial charge in [0.25, 0.3) is 5.91 Å². The first-order valence-electron chi connectivity index (χ1n) is 7.52. The number of aryl methyl sites for hydroxylation is 3. The summed E-state index contributed by atoms with van der Waals surface area (Å²) in [5.41, 5.74) is 6.22. The number of rotatable bonds is 3. The van der Waals surface area contributed by atoms with E-state index in [0.29, 0.717) is 5.56 Å². The Hall–Kier alpha value is -1.82. The number of hydrogen-bond donors (Lipinski definition) is 1. The van der Waals surface area contributed by atoms with Crippen LogP contribution in [0.25, 0.3) is 10.9 Å². The molecule has 0 spiro atoms. The lowest BCUT2D eigenvalue weighted by Gasteiger charge is -2.10. The predicted molar refractivity (Wildman–Crippen MR) is 105 cm³/mol. The van der Waals surface area contributed by atoms with Gasteiger partial charge in [0, 0.05) is 34.3 Å². The van der Waals surface area contributed by atoms with Gasteiger partial charge in [-0.25, -0.2) is 0 Å². The number of hydrogen-bond acceptors (Lipinski definition) is 1. The van der Waals surface area contributed by atoms with Gasteiger partial charge in [0.1, 0.15) is 0 Å². The van der Waals surface area contributed by atoms with Crippen LogP contribution >= 0.6 is 22.6 Å². The Morgan fingerprint density at radius 2 is 1.83 bits per heavy atom. The second-order valence-electron chi connectivity index (χ2n) is 5.92. The Morgan fingerprint density at radius 1 is 1.13 bits per heavy atom. The Kier molecular flexibility index (Phi) is 4.43. The lowest BCUT2D eigenvalue weighted by atomic mass is 10.1. The zero-order chi connectivity index (χ0) is 16.6. The monoisotopic (exact) mass is 418 g/mol. The van der Waals surface area contributed by atoms with Crippen LogP contribution < -0.4 is 5.32 Å². The minimum Gasteiger partial charge on any atom is -0.350 e. The van der Waals surface area contributed by atoms with Gasteiger partial charge >= 0.3 is 0 Å². The smallest absolute Gasteiger partial charge is 0.257 e. The molecular formula is C19H19IN2O. The predicted octanol–water partition coefficient (Wildman–Crippen LogP) is 4.98. The van der Waals surface area contributed by atoms with E-state index >= 15 is 0 Å². The fraction of sp³-hybridized carbons (Fsp3) is 0.211. The van der Waals surface area contributed by atoms with E-state index in [1.54, 1.807) is 0 Å². The molecule has 0 aliphatic heterocycles. The number of fused-ring (bicyclic) bond motifs is 1. The van der Waals surface area contributed by atoms with E-state index in [-0.39, 0.29) is 5.91 Å². The minimum absolute atomic E-state index is 0.0607. The quantitative estimate of drug-likeness (QED) is 0.473. The summed E-state index contributed by atoms with van der Waals surface area (Å²) >= 11 is 2.32. The van der Waals surface area contributed by atoms with E-state index in [1.807, 2.05) is 42.1 Å². The van der Waals surface area contributed by atoms with Crippen molar-refractivity contribution in [1.82, 2.24) is 4.57 Å². The maximum Gasteiger partial charge on any atom is 0.257 e. The van der Waals surface area contributed by atoms with Crippen LogP contribution in [0.4, 0.5) is 5.69 Å². The van der Waals surface area contributed by atoms with Crippen molar-refractivity contribution in [1.29, 1.82) is 0 Å². The fourth-order valence-corrected chi connectivity index (χ4v) is 3.45. The molecule has 0 saturated heterocycles. The first-order valence-corrected chi connectivity index (χ1v) is 9.04. The van der Waals surface area contributed by atoms with E-state index < -0.39 is 0 Å². The van der Waals surface area contributed by atoms with Gasteiger partial charge in [0.05, 0.1) is 5.56 Å². The molecule has 0 radical (unpaired) electrons. The number of benzene rings is 2. The molecule has 0 saturated carbocycles. The summed E-state index contributed by atoms with van der Waals surface area (Å²) in [5, 5.41) is 4.05. The topological polar surface area (TPSA) is 34.0 Å². The number of carbonyl (C=O) groups excluding carboxylic acids is 1. The van der Waals surface area contributed by atoms with Crippen LogP contribution in [-0.4, -0.2) is 10.5 Å². The van der Waals surface area contributed by atoms with Crippen molar-refractivity contribution in [2.75, 3.05) is 5.32 Å². The molecule has 3 aromatic rings. The highest BCUT2D eigenvalue weighted by molar-refractivity contribution is 14.1. The standard InChI is InChI=1S/C19H19IN2O/c1-12-5-7-17(14(8-12)10-20)21-19(23)16-11-22(3)18-9-13(2)4-6-15(16)18/h4-9,11H,10H2,1-3H3,(H,21,23). The highest BCUT2D eigenvalue weighted by Gasteiger charge is 2.15. The van der Waals surface area contributed by atoms with Crippen LogP contribution in [0.1, 0.15) is 27.0 Å². The molecular weight excluding hydrogens is 399 g/mol. The minimum atomic E-state index is -0.0607. The number of nitrogens with one attached hydrogen (secondary N) is 1. The molecule has 118 valence electrons. The van der Waals surface area contributed by atoms with Crippen molar-refractivity contribution in [2.24, 2.45) is 7.05 Å². The van der Waals surface area contributed by atoms with E-state index in [0.717, 1.165) is 26.6 Å². The van der Waals surface area contributed by atoms with E-state index in [4.69, 9.17) is 0 Å². The van der Waals surface area contributed by atoms with Crippen LogP contribution in [0, 0.1) is 13.8 Å². The summed E-state index contributed by atoms with van der Waals surface area (Å²) in [5.74, 6) is -0.0607. The third-order valence-corrected chi connectivity index (χ3v) is 4.87. The second-order valence-corrected chi connectivity index (χ2v) is 6.69.